The molecule has 1 amide bonds. The first-order valence-electron chi connectivity index (χ1n) is 13.7. The summed E-state index contributed by atoms with van der Waals surface area (Å²) in [4.78, 5) is 23.2. The lowest BCUT2D eigenvalue weighted by Gasteiger charge is -2.11. The molecular weight excluding hydrogens is 748 g/mol. The average Bonchev–Trinajstić information content (AvgIpc) is 3.04. The van der Waals surface area contributed by atoms with Crippen molar-refractivity contribution < 1.29 is 14.7 Å². The van der Waals surface area contributed by atoms with E-state index in [0.717, 1.165) is 58.4 Å². The highest BCUT2D eigenvalue weighted by atomic mass is 79.9. The van der Waals surface area contributed by atoms with E-state index in [1.54, 1.807) is 13.0 Å². The van der Waals surface area contributed by atoms with Crippen molar-refractivity contribution in [1.29, 1.82) is 5.26 Å². The number of carboxylic acid groups (broad SMARTS) is 1. The van der Waals surface area contributed by atoms with Gasteiger partial charge >= 0.3 is 5.97 Å². The van der Waals surface area contributed by atoms with Crippen LogP contribution in [0.4, 0.5) is 0 Å². The maximum atomic E-state index is 12.6. The number of fused-ring (bicyclic) bond motifs is 1. The molecule has 0 aliphatic carbocycles. The fourth-order valence-electron chi connectivity index (χ4n) is 4.20. The number of rotatable bonds is 6. The molecule has 224 valence electrons. The molecular formula is C36H31Br3N2O3. The molecule has 0 saturated heterocycles. The molecule has 5 rings (SSSR count). The number of nitrogens with zero attached hydrogens (tertiary/aromatic N) is 1. The van der Waals surface area contributed by atoms with Gasteiger partial charge in [-0.25, -0.2) is 0 Å². The van der Waals surface area contributed by atoms with Crippen molar-refractivity contribution in [1.82, 2.24) is 5.32 Å². The lowest BCUT2D eigenvalue weighted by molar-refractivity contribution is -0.138. The van der Waals surface area contributed by atoms with Crippen LogP contribution in [0.5, 0.6) is 0 Å². The number of nitrogens with one attached hydrogen (secondary N) is 1. The Morgan fingerprint density at radius 1 is 0.841 bits per heavy atom. The molecule has 0 bridgehead atoms. The van der Waals surface area contributed by atoms with E-state index in [1.165, 1.54) is 0 Å². The molecule has 5 aromatic rings. The average molecular weight is 779 g/mol. The lowest BCUT2D eigenvalue weighted by atomic mass is 9.99. The number of hydrogen-bond acceptors (Lipinski definition) is 3. The molecule has 5 nitrogen and oxygen atoms in total. The van der Waals surface area contributed by atoms with Gasteiger partial charge in [0.1, 0.15) is 0 Å². The van der Waals surface area contributed by atoms with Gasteiger partial charge < -0.3 is 10.4 Å². The molecule has 0 aliphatic heterocycles. The fourth-order valence-corrected chi connectivity index (χ4v) is 5.23. The molecule has 0 saturated carbocycles. The highest BCUT2D eigenvalue weighted by Gasteiger charge is 2.13. The molecule has 2 N–H and O–H groups in total. The Morgan fingerprint density at radius 3 is 2.20 bits per heavy atom. The molecule has 0 fully saturated rings. The smallest absolute Gasteiger partial charge is 0.310 e. The molecule has 0 aliphatic rings. The van der Waals surface area contributed by atoms with Gasteiger partial charge in [-0.2, -0.15) is 5.26 Å². The van der Waals surface area contributed by atoms with E-state index in [-0.39, 0.29) is 5.91 Å². The third-order valence-electron chi connectivity index (χ3n) is 6.66. The van der Waals surface area contributed by atoms with E-state index < -0.39 is 11.9 Å². The van der Waals surface area contributed by atoms with Crippen LogP contribution < -0.4 is 5.32 Å². The molecule has 44 heavy (non-hydrogen) atoms. The van der Waals surface area contributed by atoms with E-state index in [2.05, 4.69) is 65.2 Å². The number of carboxylic acids is 1. The molecule has 8 heteroatoms. The Kier molecular flexibility index (Phi) is 13.8. The summed E-state index contributed by atoms with van der Waals surface area (Å²) in [6.07, 6.45) is 0. The third-order valence-corrected chi connectivity index (χ3v) is 8.33. The molecule has 0 unspecified atom stereocenters. The normalized spacial score (nSPS) is 10.7. The summed E-state index contributed by atoms with van der Waals surface area (Å²) in [6.45, 7) is 4.17. The van der Waals surface area contributed by atoms with Crippen molar-refractivity contribution in [2.45, 2.75) is 31.6 Å². The van der Waals surface area contributed by atoms with E-state index in [1.807, 2.05) is 104 Å². The molecule has 0 spiro atoms. The predicted molar refractivity (Wildman–Crippen MR) is 188 cm³/mol. The van der Waals surface area contributed by atoms with Crippen LogP contribution >= 0.6 is 47.8 Å². The second kappa shape index (κ2) is 17.5. The first kappa shape index (κ1) is 34.7. The van der Waals surface area contributed by atoms with Gasteiger partial charge in [0.2, 0.25) is 0 Å². The first-order chi connectivity index (χ1) is 21.1. The summed E-state index contributed by atoms with van der Waals surface area (Å²) >= 11 is 10.0. The quantitative estimate of drug-likeness (QED) is 0.168. The van der Waals surface area contributed by atoms with E-state index in [9.17, 15) is 9.59 Å². The van der Waals surface area contributed by atoms with Gasteiger partial charge in [0.15, 0.2) is 0 Å². The number of nitriles is 1. The van der Waals surface area contributed by atoms with E-state index in [0.29, 0.717) is 6.54 Å². The second-order valence-corrected chi connectivity index (χ2v) is 12.2. The van der Waals surface area contributed by atoms with Crippen molar-refractivity contribution in [2.75, 3.05) is 0 Å². The highest BCUT2D eigenvalue weighted by molar-refractivity contribution is 9.10. The van der Waals surface area contributed by atoms with Crippen LogP contribution in [0, 0.1) is 18.3 Å². The van der Waals surface area contributed by atoms with Crippen LogP contribution in [0.25, 0.3) is 10.8 Å². The van der Waals surface area contributed by atoms with Crippen LogP contribution in [0.15, 0.2) is 118 Å². The zero-order valence-corrected chi connectivity index (χ0v) is 29.0. The number of carbonyl (C=O) groups is 2. The summed E-state index contributed by atoms with van der Waals surface area (Å²) in [6, 6.07) is 36.9. The zero-order valence-electron chi connectivity index (χ0n) is 24.2. The van der Waals surface area contributed by atoms with Gasteiger partial charge in [-0.3, -0.25) is 9.59 Å². The summed E-state index contributed by atoms with van der Waals surface area (Å²) in [5.74, 6) is -1.27. The number of aliphatic carboxylic acids is 1. The number of benzene rings is 5. The van der Waals surface area contributed by atoms with Gasteiger partial charge in [0.25, 0.3) is 5.91 Å². The number of halogens is 3. The third kappa shape index (κ3) is 10.4. The summed E-state index contributed by atoms with van der Waals surface area (Å²) in [7, 11) is 0. The number of amides is 1. The number of carbonyl (C=O) groups excluding carboxylic acids is 1. The molecule has 0 heterocycles. The highest BCUT2D eigenvalue weighted by Crippen LogP contribution is 2.22. The molecule has 5 aromatic carbocycles. The van der Waals surface area contributed by atoms with Crippen LogP contribution in [0.1, 0.15) is 51.0 Å². The van der Waals surface area contributed by atoms with Crippen LogP contribution in [-0.4, -0.2) is 17.0 Å². The topological polar surface area (TPSA) is 90.2 Å². The largest absolute Gasteiger partial charge is 0.481 e. The minimum absolute atomic E-state index is 0.0304. The van der Waals surface area contributed by atoms with Gasteiger partial charge in [0.05, 0.1) is 23.1 Å². The van der Waals surface area contributed by atoms with Crippen molar-refractivity contribution in [2.24, 2.45) is 0 Å². The summed E-state index contributed by atoms with van der Waals surface area (Å²) in [5.41, 5.74) is 5.50. The van der Waals surface area contributed by atoms with E-state index in [4.69, 9.17) is 10.4 Å². The van der Waals surface area contributed by atoms with Gasteiger partial charge in [-0.05, 0) is 83.3 Å². The Hall–Kier alpha value is -3.77. The molecule has 0 aromatic heterocycles. The maximum absolute atomic E-state index is 12.6. The second-order valence-electron chi connectivity index (χ2n) is 9.85. The van der Waals surface area contributed by atoms with Crippen LogP contribution in [-0.2, 0) is 16.7 Å². The van der Waals surface area contributed by atoms with Gasteiger partial charge in [-0.15, -0.1) is 0 Å². The summed E-state index contributed by atoms with van der Waals surface area (Å²) < 4.78 is 1.94. The maximum Gasteiger partial charge on any atom is 0.310 e. The zero-order chi connectivity index (χ0) is 32.1. The van der Waals surface area contributed by atoms with Gasteiger partial charge in [-0.1, -0.05) is 121 Å². The standard InChI is InChI=1S/C19H16BrNO.C9H9BrO2.C8H6BrN/c1-13-6-9-15-4-2-3-5-17(15)18(13)19(22)21-12-14-7-10-16(20)11-8-14;1-6(9(11)12)7-3-2-4-8(10)5-7;9-5-7-2-1-3-8(4-7)6-10/h2-11H,12H2,1H3,(H,21,22);2-6H,1H3,(H,11,12);1-4H,5H2/t;6-;/m.0./s1. The van der Waals surface area contributed by atoms with Crippen LogP contribution in [0.3, 0.4) is 0 Å². The molecule has 0 radical (unpaired) electrons. The minimum Gasteiger partial charge on any atom is -0.481 e. The Balaban J connectivity index is 0.000000202. The van der Waals surface area contributed by atoms with Crippen molar-refractivity contribution in [3.8, 4) is 6.07 Å². The first-order valence-corrected chi connectivity index (χ1v) is 16.4. The predicted octanol–water partition coefficient (Wildman–Crippen LogP) is 9.93. The van der Waals surface area contributed by atoms with Crippen LogP contribution in [0.2, 0.25) is 0 Å². The van der Waals surface area contributed by atoms with Crippen molar-refractivity contribution in [3.63, 3.8) is 0 Å². The number of alkyl halides is 1. The lowest BCUT2D eigenvalue weighted by Crippen LogP contribution is -2.23. The van der Waals surface area contributed by atoms with Crippen molar-refractivity contribution in [3.05, 3.63) is 152 Å². The van der Waals surface area contributed by atoms with Crippen molar-refractivity contribution >= 4 is 70.4 Å². The SMILES string of the molecule is C[C@H](C(=O)O)c1cccc(Br)c1.Cc1ccc2ccccc2c1C(=O)NCc1ccc(Br)cc1.N#Cc1cccc(CBr)c1. The van der Waals surface area contributed by atoms with Gasteiger partial charge in [0, 0.05) is 20.8 Å². The fraction of sp³-hybridized carbons (Fsp3) is 0.139. The Labute approximate surface area is 283 Å². The number of hydrogen-bond donors (Lipinski definition) is 2. The summed E-state index contributed by atoms with van der Waals surface area (Å²) in [5, 5.41) is 23.1. The Morgan fingerprint density at radius 2 is 1.55 bits per heavy atom. The molecule has 1 atom stereocenters. The minimum atomic E-state index is -0.798. The number of aryl methyl sites for hydroxylation is 1. The van der Waals surface area contributed by atoms with E-state index >= 15 is 0 Å². The Bertz CT molecular complexity index is 1770. The monoisotopic (exact) mass is 776 g/mol.